The first-order valence-electron chi connectivity index (χ1n) is 6.78. The quantitative estimate of drug-likeness (QED) is 0.886. The molecular formula is C15H15FN2O3. The molecule has 0 spiro atoms. The molecule has 0 amide bonds. The van der Waals surface area contributed by atoms with E-state index in [-0.39, 0.29) is 11.5 Å². The molecule has 1 saturated carbocycles. The highest BCUT2D eigenvalue weighted by Crippen LogP contribution is 2.29. The lowest BCUT2D eigenvalue weighted by molar-refractivity contribution is 0.0690. The van der Waals surface area contributed by atoms with Gasteiger partial charge in [0.2, 0.25) is 5.89 Å². The predicted molar refractivity (Wildman–Crippen MR) is 72.1 cm³/mol. The minimum absolute atomic E-state index is 0.0912. The first kappa shape index (κ1) is 13.8. The fraction of sp³-hybridized carbons (Fsp3) is 0.333. The molecule has 1 aromatic heterocycles. The van der Waals surface area contributed by atoms with Crippen LogP contribution in [0, 0.1) is 5.82 Å². The first-order valence-corrected chi connectivity index (χ1v) is 6.78. The zero-order valence-electron chi connectivity index (χ0n) is 11.3. The summed E-state index contributed by atoms with van der Waals surface area (Å²) in [6, 6.07) is 6.90. The molecule has 1 aromatic carbocycles. The summed E-state index contributed by atoms with van der Waals surface area (Å²) in [7, 11) is 0. The Hall–Kier alpha value is -2.21. The molecule has 0 unspecified atom stereocenters. The monoisotopic (exact) mass is 290 g/mol. The van der Waals surface area contributed by atoms with E-state index >= 15 is 0 Å². The van der Waals surface area contributed by atoms with Crippen LogP contribution in [-0.2, 0) is 13.1 Å². The minimum atomic E-state index is -1.10. The second-order valence-corrected chi connectivity index (χ2v) is 5.20. The van der Waals surface area contributed by atoms with Gasteiger partial charge < -0.3 is 9.52 Å². The van der Waals surface area contributed by atoms with Crippen LogP contribution >= 0.6 is 0 Å². The number of nitrogens with zero attached hydrogens (tertiary/aromatic N) is 2. The van der Waals surface area contributed by atoms with Crippen molar-refractivity contribution in [2.75, 3.05) is 0 Å². The summed E-state index contributed by atoms with van der Waals surface area (Å²) in [6.07, 6.45) is 3.31. The van der Waals surface area contributed by atoms with Gasteiger partial charge in [0, 0.05) is 12.6 Å². The van der Waals surface area contributed by atoms with Crippen molar-refractivity contribution in [3.8, 4) is 0 Å². The average Bonchev–Trinajstić information content (AvgIpc) is 3.18. The molecular weight excluding hydrogens is 275 g/mol. The van der Waals surface area contributed by atoms with Crippen LogP contribution in [0.4, 0.5) is 4.39 Å². The number of rotatable bonds is 6. The Kier molecular flexibility index (Phi) is 3.70. The number of aromatic nitrogens is 1. The highest BCUT2D eigenvalue weighted by molar-refractivity contribution is 5.84. The van der Waals surface area contributed by atoms with Gasteiger partial charge in [0.25, 0.3) is 0 Å². The van der Waals surface area contributed by atoms with Crippen molar-refractivity contribution < 1.29 is 18.7 Å². The third-order valence-corrected chi connectivity index (χ3v) is 3.45. The van der Waals surface area contributed by atoms with Gasteiger partial charge in [0.15, 0.2) is 5.69 Å². The van der Waals surface area contributed by atoms with Crippen LogP contribution in [0.5, 0.6) is 0 Å². The molecule has 0 radical (unpaired) electrons. The number of aromatic carboxylic acids is 1. The van der Waals surface area contributed by atoms with Gasteiger partial charge >= 0.3 is 5.97 Å². The lowest BCUT2D eigenvalue weighted by atomic mass is 10.2. The summed E-state index contributed by atoms with van der Waals surface area (Å²) < 4.78 is 18.4. The highest BCUT2D eigenvalue weighted by Gasteiger charge is 2.30. The van der Waals surface area contributed by atoms with Crippen molar-refractivity contribution in [2.24, 2.45) is 0 Å². The summed E-state index contributed by atoms with van der Waals surface area (Å²) in [5.41, 5.74) is 0.790. The maximum absolute atomic E-state index is 13.2. The Morgan fingerprint density at radius 2 is 2.24 bits per heavy atom. The predicted octanol–water partition coefficient (Wildman–Crippen LogP) is 2.68. The molecule has 110 valence electrons. The van der Waals surface area contributed by atoms with Crippen molar-refractivity contribution in [3.63, 3.8) is 0 Å². The standard InChI is InChI=1S/C15H15FN2O3/c16-11-3-1-2-10(6-11)7-18(12-4-5-12)8-14-17-13(9-21-14)15(19)20/h1-3,6,9,12H,4-5,7-8H2,(H,19,20). The molecule has 0 saturated heterocycles. The third-order valence-electron chi connectivity index (χ3n) is 3.45. The van der Waals surface area contributed by atoms with Crippen LogP contribution in [0.2, 0.25) is 0 Å². The van der Waals surface area contributed by atoms with Crippen molar-refractivity contribution >= 4 is 5.97 Å². The molecule has 1 fully saturated rings. The van der Waals surface area contributed by atoms with E-state index < -0.39 is 5.97 Å². The Bertz CT molecular complexity index is 652. The average molecular weight is 290 g/mol. The smallest absolute Gasteiger partial charge is 0.357 e. The summed E-state index contributed by atoms with van der Waals surface area (Å²) in [4.78, 5) is 16.9. The Morgan fingerprint density at radius 3 is 2.86 bits per heavy atom. The Balaban J connectivity index is 1.71. The van der Waals surface area contributed by atoms with E-state index in [1.54, 1.807) is 6.07 Å². The first-order chi connectivity index (χ1) is 10.1. The second kappa shape index (κ2) is 5.65. The number of hydrogen-bond acceptors (Lipinski definition) is 4. The molecule has 2 aromatic rings. The van der Waals surface area contributed by atoms with Gasteiger partial charge in [0.05, 0.1) is 6.54 Å². The number of halogens is 1. The van der Waals surface area contributed by atoms with Crippen molar-refractivity contribution in [3.05, 3.63) is 53.5 Å². The van der Waals surface area contributed by atoms with Crippen LogP contribution in [0.1, 0.15) is 34.8 Å². The van der Waals surface area contributed by atoms with Crippen LogP contribution in [0.25, 0.3) is 0 Å². The largest absolute Gasteiger partial charge is 0.476 e. The number of hydrogen-bond donors (Lipinski definition) is 1. The van der Waals surface area contributed by atoms with E-state index in [9.17, 15) is 9.18 Å². The number of oxazole rings is 1. The highest BCUT2D eigenvalue weighted by atomic mass is 19.1. The van der Waals surface area contributed by atoms with Gasteiger partial charge in [-0.05, 0) is 30.5 Å². The van der Waals surface area contributed by atoms with E-state index in [2.05, 4.69) is 9.88 Å². The number of carboxylic acid groups (broad SMARTS) is 1. The van der Waals surface area contributed by atoms with Gasteiger partial charge in [-0.15, -0.1) is 0 Å². The lowest BCUT2D eigenvalue weighted by Gasteiger charge is -2.20. The van der Waals surface area contributed by atoms with Gasteiger partial charge in [-0.1, -0.05) is 12.1 Å². The molecule has 0 aliphatic heterocycles. The maximum Gasteiger partial charge on any atom is 0.357 e. The van der Waals surface area contributed by atoms with E-state index in [0.29, 0.717) is 25.0 Å². The Morgan fingerprint density at radius 1 is 1.43 bits per heavy atom. The minimum Gasteiger partial charge on any atom is -0.476 e. The number of carboxylic acids is 1. The zero-order valence-corrected chi connectivity index (χ0v) is 11.3. The maximum atomic E-state index is 13.2. The van der Waals surface area contributed by atoms with Gasteiger partial charge in [0.1, 0.15) is 12.1 Å². The van der Waals surface area contributed by atoms with Crippen molar-refractivity contribution in [1.82, 2.24) is 9.88 Å². The normalized spacial score (nSPS) is 14.6. The van der Waals surface area contributed by atoms with E-state index in [0.717, 1.165) is 24.7 Å². The van der Waals surface area contributed by atoms with Crippen molar-refractivity contribution in [2.45, 2.75) is 32.0 Å². The molecule has 0 atom stereocenters. The van der Waals surface area contributed by atoms with Crippen molar-refractivity contribution in [1.29, 1.82) is 0 Å². The number of benzene rings is 1. The van der Waals surface area contributed by atoms with Crippen LogP contribution in [0.3, 0.4) is 0 Å². The molecule has 6 heteroatoms. The van der Waals surface area contributed by atoms with Gasteiger partial charge in [-0.25, -0.2) is 14.2 Å². The molecule has 5 nitrogen and oxygen atoms in total. The molecule has 1 heterocycles. The SMILES string of the molecule is O=C(O)c1coc(CN(Cc2cccc(F)c2)C2CC2)n1. The summed E-state index contributed by atoms with van der Waals surface area (Å²) in [5, 5.41) is 8.84. The summed E-state index contributed by atoms with van der Waals surface area (Å²) in [6.45, 7) is 1.02. The molecule has 3 rings (SSSR count). The zero-order chi connectivity index (χ0) is 14.8. The molecule has 21 heavy (non-hydrogen) atoms. The molecule has 1 aliphatic rings. The van der Waals surface area contributed by atoms with Crippen LogP contribution in [0.15, 0.2) is 34.9 Å². The topological polar surface area (TPSA) is 66.6 Å². The van der Waals surface area contributed by atoms with E-state index in [1.807, 2.05) is 6.07 Å². The fourth-order valence-corrected chi connectivity index (χ4v) is 2.28. The summed E-state index contributed by atoms with van der Waals surface area (Å²) >= 11 is 0. The second-order valence-electron chi connectivity index (χ2n) is 5.20. The van der Waals surface area contributed by atoms with E-state index in [4.69, 9.17) is 9.52 Å². The summed E-state index contributed by atoms with van der Waals surface area (Å²) in [5.74, 6) is -0.990. The molecule has 1 N–H and O–H groups in total. The van der Waals surface area contributed by atoms with E-state index in [1.165, 1.54) is 12.1 Å². The van der Waals surface area contributed by atoms with Gasteiger partial charge in [-0.3, -0.25) is 4.90 Å². The van der Waals surface area contributed by atoms with Crippen LogP contribution < -0.4 is 0 Å². The number of carbonyl (C=O) groups is 1. The molecule has 0 bridgehead atoms. The van der Waals surface area contributed by atoms with Crippen LogP contribution in [-0.4, -0.2) is 27.0 Å². The lowest BCUT2D eigenvalue weighted by Crippen LogP contribution is -2.25. The fourth-order valence-electron chi connectivity index (χ4n) is 2.28. The molecule has 1 aliphatic carbocycles. The Labute approximate surface area is 121 Å². The van der Waals surface area contributed by atoms with Gasteiger partial charge in [-0.2, -0.15) is 0 Å². The third kappa shape index (κ3) is 3.46.